The molecule has 0 heterocycles. The largest absolute Gasteiger partial charge is 0.416 e. The minimum atomic E-state index is -4.45. The van der Waals surface area contributed by atoms with Gasteiger partial charge in [0.25, 0.3) is 0 Å². The second-order valence-electron chi connectivity index (χ2n) is 4.08. The number of alkyl halides is 3. The molecule has 0 saturated heterocycles. The average Bonchev–Trinajstić information content (AvgIpc) is 2.38. The lowest BCUT2D eigenvalue weighted by molar-refractivity contribution is -0.138. The van der Waals surface area contributed by atoms with Crippen LogP contribution in [0, 0.1) is 5.82 Å². The van der Waals surface area contributed by atoms with Crippen LogP contribution in [0.4, 0.5) is 17.6 Å². The van der Waals surface area contributed by atoms with Gasteiger partial charge in [-0.3, -0.25) is 0 Å². The van der Waals surface area contributed by atoms with Gasteiger partial charge in [0.15, 0.2) is 0 Å². The first-order chi connectivity index (χ1) is 8.91. The van der Waals surface area contributed by atoms with Crippen molar-refractivity contribution in [2.24, 2.45) is 5.73 Å². The molecule has 0 aliphatic heterocycles. The molecule has 2 rings (SSSR count). The van der Waals surface area contributed by atoms with Crippen LogP contribution in [-0.2, 0) is 12.7 Å². The van der Waals surface area contributed by atoms with Crippen molar-refractivity contribution in [3.05, 3.63) is 59.4 Å². The Morgan fingerprint density at radius 3 is 1.95 bits per heavy atom. The van der Waals surface area contributed by atoms with Crippen molar-refractivity contribution in [2.45, 2.75) is 12.7 Å². The minimum absolute atomic E-state index is 0. The highest BCUT2D eigenvalue weighted by Gasteiger charge is 2.33. The van der Waals surface area contributed by atoms with Crippen LogP contribution in [0.1, 0.15) is 11.1 Å². The molecular formula is C14H12ClF4N. The predicted octanol–water partition coefficient (Wildman–Crippen LogP) is 4.39. The molecule has 0 aromatic heterocycles. The van der Waals surface area contributed by atoms with Crippen molar-refractivity contribution in [1.29, 1.82) is 0 Å². The fourth-order valence-electron chi connectivity index (χ4n) is 1.84. The molecule has 2 N–H and O–H groups in total. The highest BCUT2D eigenvalue weighted by Crippen LogP contribution is 2.34. The molecule has 0 saturated carbocycles. The van der Waals surface area contributed by atoms with Gasteiger partial charge in [-0.15, -0.1) is 12.4 Å². The Balaban J connectivity index is 0.00000200. The summed E-state index contributed by atoms with van der Waals surface area (Å²) in [5.74, 6) is -0.432. The van der Waals surface area contributed by atoms with Crippen LogP contribution in [0.2, 0.25) is 0 Å². The molecule has 0 aliphatic rings. The number of rotatable bonds is 2. The van der Waals surface area contributed by atoms with E-state index in [9.17, 15) is 17.6 Å². The van der Waals surface area contributed by atoms with E-state index in [1.54, 1.807) is 6.07 Å². The van der Waals surface area contributed by atoms with Gasteiger partial charge >= 0.3 is 6.18 Å². The monoisotopic (exact) mass is 305 g/mol. The highest BCUT2D eigenvalue weighted by molar-refractivity contribution is 5.85. The van der Waals surface area contributed by atoms with E-state index >= 15 is 0 Å². The maximum Gasteiger partial charge on any atom is 0.416 e. The van der Waals surface area contributed by atoms with Crippen molar-refractivity contribution in [3.8, 4) is 11.1 Å². The summed E-state index contributed by atoms with van der Waals surface area (Å²) in [5.41, 5.74) is 5.50. The SMILES string of the molecule is Cl.NCc1ccc(-c2ccc(F)cc2)cc1C(F)(F)F. The zero-order chi connectivity index (χ0) is 14.0. The van der Waals surface area contributed by atoms with E-state index in [0.717, 1.165) is 6.07 Å². The lowest BCUT2D eigenvalue weighted by Gasteiger charge is -2.13. The van der Waals surface area contributed by atoms with Crippen molar-refractivity contribution >= 4 is 12.4 Å². The van der Waals surface area contributed by atoms with Crippen LogP contribution < -0.4 is 5.73 Å². The Morgan fingerprint density at radius 2 is 1.45 bits per heavy atom. The summed E-state index contributed by atoms with van der Waals surface area (Å²) in [6, 6.07) is 9.22. The van der Waals surface area contributed by atoms with Crippen molar-refractivity contribution < 1.29 is 17.6 Å². The van der Waals surface area contributed by atoms with Crippen molar-refractivity contribution in [3.63, 3.8) is 0 Å². The second-order valence-corrected chi connectivity index (χ2v) is 4.08. The summed E-state index contributed by atoms with van der Waals surface area (Å²) in [4.78, 5) is 0. The number of halogens is 5. The lowest BCUT2D eigenvalue weighted by Crippen LogP contribution is -2.12. The summed E-state index contributed by atoms with van der Waals surface area (Å²) in [7, 11) is 0. The van der Waals surface area contributed by atoms with Gasteiger partial charge in [0, 0.05) is 6.54 Å². The summed E-state index contributed by atoms with van der Waals surface area (Å²) in [5, 5.41) is 0. The van der Waals surface area contributed by atoms with Gasteiger partial charge in [-0.05, 0) is 34.9 Å². The molecule has 0 radical (unpaired) electrons. The van der Waals surface area contributed by atoms with Gasteiger partial charge in [-0.25, -0.2) is 4.39 Å². The van der Waals surface area contributed by atoms with Gasteiger partial charge in [0.1, 0.15) is 5.82 Å². The first-order valence-electron chi connectivity index (χ1n) is 5.58. The Hall–Kier alpha value is -1.59. The normalized spacial score (nSPS) is 11.1. The summed E-state index contributed by atoms with van der Waals surface area (Å²) < 4.78 is 51.4. The van der Waals surface area contributed by atoms with E-state index in [-0.39, 0.29) is 24.5 Å². The van der Waals surface area contributed by atoms with Crippen molar-refractivity contribution in [1.82, 2.24) is 0 Å². The molecule has 1 nitrogen and oxygen atoms in total. The van der Waals surface area contributed by atoms with Crippen LogP contribution in [0.3, 0.4) is 0 Å². The third-order valence-electron chi connectivity index (χ3n) is 2.81. The molecule has 20 heavy (non-hydrogen) atoms. The number of benzene rings is 2. The Morgan fingerprint density at radius 1 is 0.900 bits per heavy atom. The zero-order valence-electron chi connectivity index (χ0n) is 10.2. The summed E-state index contributed by atoms with van der Waals surface area (Å²) in [6.07, 6.45) is -4.45. The molecule has 2 aromatic carbocycles. The highest BCUT2D eigenvalue weighted by atomic mass is 35.5. The molecule has 0 unspecified atom stereocenters. The van der Waals surface area contributed by atoms with Crippen LogP contribution in [0.25, 0.3) is 11.1 Å². The molecular weight excluding hydrogens is 294 g/mol. The zero-order valence-corrected chi connectivity index (χ0v) is 11.1. The molecule has 0 amide bonds. The third kappa shape index (κ3) is 3.49. The number of hydrogen-bond donors (Lipinski definition) is 1. The van der Waals surface area contributed by atoms with Crippen LogP contribution in [-0.4, -0.2) is 0 Å². The van der Waals surface area contributed by atoms with E-state index in [1.165, 1.54) is 30.3 Å². The topological polar surface area (TPSA) is 26.0 Å². The van der Waals surface area contributed by atoms with E-state index in [2.05, 4.69) is 0 Å². The van der Waals surface area contributed by atoms with Crippen LogP contribution in [0.5, 0.6) is 0 Å². The van der Waals surface area contributed by atoms with Crippen LogP contribution in [0.15, 0.2) is 42.5 Å². The predicted molar refractivity (Wildman–Crippen MR) is 72.0 cm³/mol. The lowest BCUT2D eigenvalue weighted by atomic mass is 9.99. The average molecular weight is 306 g/mol. The Kier molecular flexibility index (Phi) is 5.14. The van der Waals surface area contributed by atoms with E-state index in [4.69, 9.17) is 5.73 Å². The smallest absolute Gasteiger partial charge is 0.326 e. The van der Waals surface area contributed by atoms with E-state index in [0.29, 0.717) is 11.1 Å². The standard InChI is InChI=1S/C14H11F4N.ClH/c15-12-5-3-9(4-6-12)10-1-2-11(8-19)13(7-10)14(16,17)18;/h1-7H,8,19H2;1H. The summed E-state index contributed by atoms with van der Waals surface area (Å²) in [6.45, 7) is -0.182. The van der Waals surface area contributed by atoms with Gasteiger partial charge in [0.05, 0.1) is 5.56 Å². The first kappa shape index (κ1) is 16.5. The number of hydrogen-bond acceptors (Lipinski definition) is 1. The fourth-order valence-corrected chi connectivity index (χ4v) is 1.84. The van der Waals surface area contributed by atoms with Gasteiger partial charge in [0.2, 0.25) is 0 Å². The molecule has 0 spiro atoms. The van der Waals surface area contributed by atoms with Crippen molar-refractivity contribution in [2.75, 3.05) is 0 Å². The summed E-state index contributed by atoms with van der Waals surface area (Å²) >= 11 is 0. The molecule has 2 aromatic rings. The molecule has 0 bridgehead atoms. The minimum Gasteiger partial charge on any atom is -0.326 e. The molecule has 108 valence electrons. The molecule has 0 atom stereocenters. The number of nitrogens with two attached hydrogens (primary N) is 1. The fraction of sp³-hybridized carbons (Fsp3) is 0.143. The molecule has 6 heteroatoms. The van der Waals surface area contributed by atoms with Gasteiger partial charge in [-0.2, -0.15) is 13.2 Å². The Bertz CT molecular complexity index is 579. The molecule has 0 aliphatic carbocycles. The maximum absolute atomic E-state index is 12.9. The quantitative estimate of drug-likeness (QED) is 0.818. The second kappa shape index (κ2) is 6.24. The van der Waals surface area contributed by atoms with Crippen LogP contribution >= 0.6 is 12.4 Å². The van der Waals surface area contributed by atoms with E-state index < -0.39 is 17.6 Å². The van der Waals surface area contributed by atoms with E-state index in [1.807, 2.05) is 0 Å². The first-order valence-corrected chi connectivity index (χ1v) is 5.58. The molecule has 0 fully saturated rings. The maximum atomic E-state index is 12.9. The van der Waals surface area contributed by atoms with Gasteiger partial charge < -0.3 is 5.73 Å². The Labute approximate surface area is 119 Å². The third-order valence-corrected chi connectivity index (χ3v) is 2.81. The van der Waals surface area contributed by atoms with Gasteiger partial charge in [-0.1, -0.05) is 24.3 Å².